The van der Waals surface area contributed by atoms with E-state index in [4.69, 9.17) is 0 Å². The molecule has 0 amide bonds. The van der Waals surface area contributed by atoms with Gasteiger partial charge in [0.1, 0.15) is 0 Å². The molecular weight excluding hydrogens is 234 g/mol. The van der Waals surface area contributed by atoms with E-state index in [9.17, 15) is 0 Å². The zero-order valence-electron chi connectivity index (χ0n) is 12.3. The van der Waals surface area contributed by atoms with E-state index < -0.39 is 0 Å². The van der Waals surface area contributed by atoms with E-state index in [2.05, 4.69) is 49.0 Å². The first-order valence-electron chi connectivity index (χ1n) is 6.61. The number of rotatable bonds is 3. The third-order valence-corrected chi connectivity index (χ3v) is 3.43. The van der Waals surface area contributed by atoms with E-state index in [1.807, 2.05) is 25.4 Å². The molecule has 0 bridgehead atoms. The SMILES string of the molecule is Cc1cc(C)c(C(C)Nc2cnccc2C)c(C)n1. The van der Waals surface area contributed by atoms with Crippen LogP contribution in [0.2, 0.25) is 0 Å². The van der Waals surface area contributed by atoms with Crippen molar-refractivity contribution in [3.8, 4) is 0 Å². The second-order valence-electron chi connectivity index (χ2n) is 5.14. The summed E-state index contributed by atoms with van der Waals surface area (Å²) in [5, 5.41) is 3.53. The molecule has 0 radical (unpaired) electrons. The molecule has 1 N–H and O–H groups in total. The summed E-state index contributed by atoms with van der Waals surface area (Å²) in [5.41, 5.74) is 7.01. The number of pyridine rings is 2. The van der Waals surface area contributed by atoms with Crippen molar-refractivity contribution in [3.63, 3.8) is 0 Å². The van der Waals surface area contributed by atoms with Crippen LogP contribution < -0.4 is 5.32 Å². The van der Waals surface area contributed by atoms with Crippen molar-refractivity contribution in [1.29, 1.82) is 0 Å². The van der Waals surface area contributed by atoms with Gasteiger partial charge in [-0.1, -0.05) is 0 Å². The topological polar surface area (TPSA) is 37.8 Å². The summed E-state index contributed by atoms with van der Waals surface area (Å²) in [6.45, 7) is 10.5. The summed E-state index contributed by atoms with van der Waals surface area (Å²) in [6, 6.07) is 4.37. The molecule has 2 aromatic rings. The lowest BCUT2D eigenvalue weighted by atomic mass is 10.00. The summed E-state index contributed by atoms with van der Waals surface area (Å²) in [7, 11) is 0. The van der Waals surface area contributed by atoms with Gasteiger partial charge in [-0.15, -0.1) is 0 Å². The highest BCUT2D eigenvalue weighted by Crippen LogP contribution is 2.25. The number of nitrogens with zero attached hydrogens (tertiary/aromatic N) is 2. The first-order valence-corrected chi connectivity index (χ1v) is 6.61. The van der Waals surface area contributed by atoms with Crippen molar-refractivity contribution < 1.29 is 0 Å². The number of hydrogen-bond acceptors (Lipinski definition) is 3. The van der Waals surface area contributed by atoms with Gasteiger partial charge < -0.3 is 5.32 Å². The van der Waals surface area contributed by atoms with Crippen LogP contribution in [0.4, 0.5) is 5.69 Å². The van der Waals surface area contributed by atoms with Crippen molar-refractivity contribution in [2.45, 2.75) is 40.7 Å². The molecule has 1 unspecified atom stereocenters. The largest absolute Gasteiger partial charge is 0.377 e. The predicted octanol–water partition coefficient (Wildman–Crippen LogP) is 3.88. The number of anilines is 1. The quantitative estimate of drug-likeness (QED) is 0.904. The molecule has 3 nitrogen and oxygen atoms in total. The first-order chi connectivity index (χ1) is 8.99. The Kier molecular flexibility index (Phi) is 3.84. The minimum atomic E-state index is 0.219. The smallest absolute Gasteiger partial charge is 0.0561 e. The van der Waals surface area contributed by atoms with Crippen molar-refractivity contribution in [1.82, 2.24) is 9.97 Å². The van der Waals surface area contributed by atoms with Gasteiger partial charge in [0.15, 0.2) is 0 Å². The van der Waals surface area contributed by atoms with E-state index >= 15 is 0 Å². The van der Waals surface area contributed by atoms with E-state index in [-0.39, 0.29) is 6.04 Å². The fraction of sp³-hybridized carbons (Fsp3) is 0.375. The lowest BCUT2D eigenvalue weighted by Gasteiger charge is -2.21. The Morgan fingerprint density at radius 2 is 1.84 bits per heavy atom. The van der Waals surface area contributed by atoms with Crippen molar-refractivity contribution in [2.75, 3.05) is 5.32 Å². The third-order valence-electron chi connectivity index (χ3n) is 3.43. The van der Waals surface area contributed by atoms with Gasteiger partial charge >= 0.3 is 0 Å². The van der Waals surface area contributed by atoms with Gasteiger partial charge in [-0.05, 0) is 63.4 Å². The van der Waals surface area contributed by atoms with Crippen LogP contribution in [0.25, 0.3) is 0 Å². The molecule has 2 rings (SSSR count). The second-order valence-corrected chi connectivity index (χ2v) is 5.14. The highest BCUT2D eigenvalue weighted by Gasteiger charge is 2.13. The number of aromatic nitrogens is 2. The zero-order chi connectivity index (χ0) is 14.0. The predicted molar refractivity (Wildman–Crippen MR) is 79.5 cm³/mol. The summed E-state index contributed by atoms with van der Waals surface area (Å²) in [4.78, 5) is 8.74. The summed E-state index contributed by atoms with van der Waals surface area (Å²) in [6.07, 6.45) is 3.69. The molecule has 0 aromatic carbocycles. The molecule has 100 valence electrons. The van der Waals surface area contributed by atoms with Gasteiger partial charge in [-0.2, -0.15) is 0 Å². The maximum atomic E-state index is 4.56. The highest BCUT2D eigenvalue weighted by atomic mass is 14.9. The van der Waals surface area contributed by atoms with Gasteiger partial charge in [0.05, 0.1) is 17.9 Å². The van der Waals surface area contributed by atoms with Gasteiger partial charge in [0.25, 0.3) is 0 Å². The molecule has 0 saturated carbocycles. The molecule has 1 atom stereocenters. The van der Waals surface area contributed by atoms with Crippen LogP contribution in [-0.2, 0) is 0 Å². The molecule has 0 aliphatic heterocycles. The summed E-state index contributed by atoms with van der Waals surface area (Å²) < 4.78 is 0. The van der Waals surface area contributed by atoms with E-state index in [0.29, 0.717) is 0 Å². The van der Waals surface area contributed by atoms with Crippen molar-refractivity contribution >= 4 is 5.69 Å². The van der Waals surface area contributed by atoms with Crippen LogP contribution in [0.3, 0.4) is 0 Å². The highest BCUT2D eigenvalue weighted by molar-refractivity contribution is 5.50. The van der Waals surface area contributed by atoms with Gasteiger partial charge in [-0.25, -0.2) is 0 Å². The standard InChI is InChI=1S/C16H21N3/c1-10-6-7-17-9-15(10)19-14(5)16-11(2)8-12(3)18-13(16)4/h6-9,14,19H,1-5H3. The van der Waals surface area contributed by atoms with E-state index in [1.54, 1.807) is 0 Å². The molecular formula is C16H21N3. The Morgan fingerprint density at radius 3 is 2.47 bits per heavy atom. The Bertz CT molecular complexity index is 567. The Balaban J connectivity index is 2.31. The van der Waals surface area contributed by atoms with Crippen LogP contribution in [0.1, 0.15) is 41.0 Å². The molecule has 0 fully saturated rings. The Labute approximate surface area is 115 Å². The maximum Gasteiger partial charge on any atom is 0.0561 e. The molecule has 2 heterocycles. The van der Waals surface area contributed by atoms with Crippen LogP contribution in [0.5, 0.6) is 0 Å². The van der Waals surface area contributed by atoms with Crippen LogP contribution in [0.15, 0.2) is 24.5 Å². The van der Waals surface area contributed by atoms with Gasteiger partial charge in [0.2, 0.25) is 0 Å². The molecule has 3 heteroatoms. The fourth-order valence-corrected chi connectivity index (χ4v) is 2.61. The average molecular weight is 255 g/mol. The number of aryl methyl sites for hydroxylation is 4. The van der Waals surface area contributed by atoms with Crippen LogP contribution in [0, 0.1) is 27.7 Å². The first kappa shape index (κ1) is 13.5. The average Bonchev–Trinajstić information content (AvgIpc) is 2.30. The fourth-order valence-electron chi connectivity index (χ4n) is 2.61. The van der Waals surface area contributed by atoms with E-state index in [1.165, 1.54) is 16.7 Å². The van der Waals surface area contributed by atoms with Crippen LogP contribution >= 0.6 is 0 Å². The summed E-state index contributed by atoms with van der Waals surface area (Å²) in [5.74, 6) is 0. The molecule has 0 aliphatic carbocycles. The number of hydrogen-bond donors (Lipinski definition) is 1. The third kappa shape index (κ3) is 2.92. The minimum absolute atomic E-state index is 0.219. The molecule has 0 aliphatic rings. The van der Waals surface area contributed by atoms with Crippen molar-refractivity contribution in [2.24, 2.45) is 0 Å². The normalized spacial score (nSPS) is 12.3. The second kappa shape index (κ2) is 5.39. The molecule has 0 saturated heterocycles. The molecule has 19 heavy (non-hydrogen) atoms. The van der Waals surface area contributed by atoms with Gasteiger partial charge in [0, 0.05) is 17.6 Å². The monoisotopic (exact) mass is 255 g/mol. The molecule has 2 aromatic heterocycles. The summed E-state index contributed by atoms with van der Waals surface area (Å²) >= 11 is 0. The van der Waals surface area contributed by atoms with Crippen LogP contribution in [-0.4, -0.2) is 9.97 Å². The lowest BCUT2D eigenvalue weighted by Crippen LogP contribution is -2.12. The maximum absolute atomic E-state index is 4.56. The van der Waals surface area contributed by atoms with Crippen molar-refractivity contribution in [3.05, 3.63) is 52.6 Å². The molecule has 0 spiro atoms. The lowest BCUT2D eigenvalue weighted by molar-refractivity contribution is 0.840. The Hall–Kier alpha value is -1.90. The van der Waals surface area contributed by atoms with Gasteiger partial charge in [-0.3, -0.25) is 9.97 Å². The van der Waals surface area contributed by atoms with E-state index in [0.717, 1.165) is 17.1 Å². The Morgan fingerprint density at radius 1 is 1.11 bits per heavy atom. The number of nitrogens with one attached hydrogen (secondary N) is 1. The minimum Gasteiger partial charge on any atom is -0.377 e. The zero-order valence-corrected chi connectivity index (χ0v) is 12.3.